The Morgan fingerprint density at radius 3 is 2.48 bits per heavy atom. The van der Waals surface area contributed by atoms with Crippen molar-refractivity contribution in [2.75, 3.05) is 7.11 Å². The predicted octanol–water partition coefficient (Wildman–Crippen LogP) is 1.83. The first kappa shape index (κ1) is 17.3. The molecule has 5 nitrogen and oxygen atoms in total. The van der Waals surface area contributed by atoms with E-state index in [4.69, 9.17) is 10.5 Å². The van der Waals surface area contributed by atoms with Crippen LogP contribution in [0.25, 0.3) is 0 Å². The van der Waals surface area contributed by atoms with Gasteiger partial charge in [-0.1, -0.05) is 37.3 Å². The first-order valence-corrected chi connectivity index (χ1v) is 7.06. The van der Waals surface area contributed by atoms with Gasteiger partial charge in [-0.2, -0.15) is 0 Å². The van der Waals surface area contributed by atoms with Crippen LogP contribution < -0.4 is 5.73 Å². The summed E-state index contributed by atoms with van der Waals surface area (Å²) in [6, 6.07) is 9.44. The molecule has 0 aliphatic rings. The van der Waals surface area contributed by atoms with Crippen LogP contribution in [0.1, 0.15) is 31.7 Å². The van der Waals surface area contributed by atoms with Gasteiger partial charge in [-0.05, 0) is 12.0 Å². The van der Waals surface area contributed by atoms with Crippen LogP contribution >= 0.6 is 0 Å². The van der Waals surface area contributed by atoms with E-state index in [-0.39, 0.29) is 24.7 Å². The number of hydrogen-bond donors (Lipinski definition) is 1. The molecule has 0 spiro atoms. The van der Waals surface area contributed by atoms with Crippen LogP contribution in [0.5, 0.6) is 0 Å². The molecule has 0 aliphatic carbocycles. The highest BCUT2D eigenvalue weighted by Gasteiger charge is 2.22. The molecule has 0 unspecified atom stereocenters. The molecule has 0 fully saturated rings. The Hall–Kier alpha value is -1.72. The molecule has 116 valence electrons. The number of methoxy groups -OCH3 is 1. The van der Waals surface area contributed by atoms with Crippen LogP contribution in [0, 0.1) is 0 Å². The first-order valence-electron chi connectivity index (χ1n) is 7.06. The van der Waals surface area contributed by atoms with Crippen molar-refractivity contribution >= 4 is 11.8 Å². The highest BCUT2D eigenvalue weighted by Crippen LogP contribution is 2.12. The summed E-state index contributed by atoms with van der Waals surface area (Å²) >= 11 is 0. The molecule has 0 heterocycles. The van der Waals surface area contributed by atoms with E-state index >= 15 is 0 Å². The van der Waals surface area contributed by atoms with Gasteiger partial charge in [0, 0.05) is 12.5 Å². The van der Waals surface area contributed by atoms with Crippen LogP contribution in [0.3, 0.4) is 0 Å². The zero-order chi connectivity index (χ0) is 15.7. The monoisotopic (exact) mass is 293 g/mol. The molecule has 0 aromatic heterocycles. The molecular formula is C16H23NO4. The third-order valence-electron chi connectivity index (χ3n) is 3.25. The molecule has 0 saturated carbocycles. The molecule has 2 N–H and O–H groups in total. The van der Waals surface area contributed by atoms with E-state index in [2.05, 4.69) is 4.74 Å². The number of esters is 1. The van der Waals surface area contributed by atoms with Crippen molar-refractivity contribution in [1.82, 2.24) is 0 Å². The Bertz CT molecular complexity index is 447. The van der Waals surface area contributed by atoms with E-state index < -0.39 is 12.1 Å². The third-order valence-corrected chi connectivity index (χ3v) is 3.25. The van der Waals surface area contributed by atoms with E-state index in [9.17, 15) is 9.59 Å². The van der Waals surface area contributed by atoms with Crippen molar-refractivity contribution in [2.45, 2.75) is 44.9 Å². The van der Waals surface area contributed by atoms with Crippen molar-refractivity contribution in [2.24, 2.45) is 5.73 Å². The second-order valence-electron chi connectivity index (χ2n) is 4.90. The van der Waals surface area contributed by atoms with E-state index in [0.717, 1.165) is 5.56 Å². The summed E-state index contributed by atoms with van der Waals surface area (Å²) in [6.45, 7) is 2.33. The summed E-state index contributed by atoms with van der Waals surface area (Å²) in [5, 5.41) is 0. The van der Waals surface area contributed by atoms with Gasteiger partial charge in [0.05, 0.1) is 19.8 Å². The fourth-order valence-corrected chi connectivity index (χ4v) is 1.90. The van der Waals surface area contributed by atoms with Crippen molar-refractivity contribution in [3.63, 3.8) is 0 Å². The summed E-state index contributed by atoms with van der Waals surface area (Å²) in [4.78, 5) is 22.9. The predicted molar refractivity (Wildman–Crippen MR) is 79.5 cm³/mol. The molecule has 21 heavy (non-hydrogen) atoms. The smallest absolute Gasteiger partial charge is 0.313 e. The van der Waals surface area contributed by atoms with Gasteiger partial charge in [0.2, 0.25) is 0 Å². The highest BCUT2D eigenvalue weighted by atomic mass is 16.5. The van der Waals surface area contributed by atoms with Gasteiger partial charge < -0.3 is 15.2 Å². The lowest BCUT2D eigenvalue weighted by atomic mass is 10.0. The number of ketones is 1. The maximum atomic E-state index is 11.8. The zero-order valence-electron chi connectivity index (χ0n) is 12.6. The summed E-state index contributed by atoms with van der Waals surface area (Å²) in [5.41, 5.74) is 7.02. The third kappa shape index (κ3) is 6.51. The Labute approximate surface area is 125 Å². The van der Waals surface area contributed by atoms with Crippen LogP contribution in [0.2, 0.25) is 0 Å². The quantitative estimate of drug-likeness (QED) is 0.555. The van der Waals surface area contributed by atoms with Gasteiger partial charge in [-0.15, -0.1) is 0 Å². The molecular weight excluding hydrogens is 270 g/mol. The first-order chi connectivity index (χ1) is 10.1. The van der Waals surface area contributed by atoms with E-state index in [1.54, 1.807) is 0 Å². The average Bonchev–Trinajstić information content (AvgIpc) is 2.51. The molecule has 1 aromatic rings. The molecule has 2 atom stereocenters. The Morgan fingerprint density at radius 2 is 1.90 bits per heavy atom. The van der Waals surface area contributed by atoms with E-state index in [0.29, 0.717) is 13.0 Å². The Morgan fingerprint density at radius 1 is 1.24 bits per heavy atom. The van der Waals surface area contributed by atoms with Gasteiger partial charge in [-0.3, -0.25) is 9.59 Å². The number of carbonyl (C=O) groups excluding carboxylic acids is 2. The summed E-state index contributed by atoms with van der Waals surface area (Å²) in [5.74, 6) is -0.754. The van der Waals surface area contributed by atoms with Gasteiger partial charge in [0.15, 0.2) is 0 Å². The highest BCUT2D eigenvalue weighted by molar-refractivity contribution is 5.95. The lowest BCUT2D eigenvalue weighted by Crippen LogP contribution is -2.38. The molecule has 5 heteroatoms. The molecule has 0 saturated heterocycles. The van der Waals surface area contributed by atoms with E-state index in [1.807, 2.05) is 37.3 Å². The minimum Gasteiger partial charge on any atom is -0.469 e. The number of ether oxygens (including phenoxy) is 2. The van der Waals surface area contributed by atoms with Gasteiger partial charge in [0.1, 0.15) is 12.2 Å². The molecule has 0 aliphatic heterocycles. The molecule has 1 aromatic carbocycles. The minimum atomic E-state index is -0.535. The summed E-state index contributed by atoms with van der Waals surface area (Å²) in [6.07, 6.45) is 0.187. The number of Topliss-reactive ketones (excluding diaryl/α,β-unsaturated/α-hetero) is 1. The Kier molecular flexibility index (Phi) is 7.64. The maximum absolute atomic E-state index is 11.8. The largest absolute Gasteiger partial charge is 0.469 e. The normalized spacial score (nSPS) is 13.5. The van der Waals surface area contributed by atoms with E-state index in [1.165, 1.54) is 7.11 Å². The molecule has 1 rings (SSSR count). The number of benzene rings is 1. The summed E-state index contributed by atoms with van der Waals surface area (Å²) < 4.78 is 10.3. The molecule has 0 radical (unpaired) electrons. The van der Waals surface area contributed by atoms with Gasteiger partial charge in [0.25, 0.3) is 0 Å². The van der Waals surface area contributed by atoms with Gasteiger partial charge in [-0.25, -0.2) is 0 Å². The number of hydrogen-bond acceptors (Lipinski definition) is 5. The fraction of sp³-hybridized carbons (Fsp3) is 0.500. The molecule has 0 bridgehead atoms. The SMILES string of the molecule is CC[C@H](N)[C@H](CC(=O)CC(=O)OC)OCc1ccccc1. The number of rotatable bonds is 9. The van der Waals surface area contributed by atoms with Crippen molar-refractivity contribution in [1.29, 1.82) is 0 Å². The second kappa shape index (κ2) is 9.26. The van der Waals surface area contributed by atoms with Crippen LogP contribution in [-0.2, 0) is 25.7 Å². The second-order valence-corrected chi connectivity index (χ2v) is 4.90. The van der Waals surface area contributed by atoms with Crippen LogP contribution in [0.4, 0.5) is 0 Å². The maximum Gasteiger partial charge on any atom is 0.313 e. The van der Waals surface area contributed by atoms with Crippen LogP contribution in [0.15, 0.2) is 30.3 Å². The number of carbonyl (C=O) groups is 2. The van der Waals surface area contributed by atoms with Crippen molar-refractivity contribution in [3.8, 4) is 0 Å². The number of nitrogens with two attached hydrogens (primary N) is 1. The van der Waals surface area contributed by atoms with Crippen molar-refractivity contribution in [3.05, 3.63) is 35.9 Å². The van der Waals surface area contributed by atoms with Crippen molar-refractivity contribution < 1.29 is 19.1 Å². The van der Waals surface area contributed by atoms with Gasteiger partial charge >= 0.3 is 5.97 Å². The lowest BCUT2D eigenvalue weighted by molar-refractivity contribution is -0.144. The minimum absolute atomic E-state index is 0.122. The Balaban J connectivity index is 2.55. The fourth-order valence-electron chi connectivity index (χ4n) is 1.90. The molecule has 0 amide bonds. The lowest BCUT2D eigenvalue weighted by Gasteiger charge is -2.22. The van der Waals surface area contributed by atoms with Crippen LogP contribution in [-0.4, -0.2) is 31.0 Å². The summed E-state index contributed by atoms with van der Waals surface area (Å²) in [7, 11) is 1.26. The zero-order valence-corrected chi connectivity index (χ0v) is 12.6. The topological polar surface area (TPSA) is 78.6 Å². The average molecular weight is 293 g/mol. The standard InChI is InChI=1S/C16H23NO4/c1-3-14(17)15(9-13(18)10-16(19)20-2)21-11-12-7-5-4-6-8-12/h4-8,14-15H,3,9-11,17H2,1-2H3/t14-,15-/m0/s1.